The molecule has 0 saturated carbocycles. The van der Waals surface area contributed by atoms with Crippen LogP contribution in [0, 0.1) is 0 Å². The summed E-state index contributed by atoms with van der Waals surface area (Å²) in [5.41, 5.74) is 0.727. The van der Waals surface area contributed by atoms with Gasteiger partial charge in [0.25, 0.3) is 0 Å². The third-order valence-electron chi connectivity index (χ3n) is 3.81. The molecule has 146 valence electrons. The first kappa shape index (κ1) is 20.1. The number of carbonyl (C=O) groups excluding carboxylic acids is 1. The number of thiophene rings is 1. The molecule has 0 fully saturated rings. The molecule has 2 N–H and O–H groups in total. The fraction of sp³-hybridized carbons (Fsp3) is 0.150. The van der Waals surface area contributed by atoms with E-state index < -0.39 is 10.0 Å². The highest BCUT2D eigenvalue weighted by atomic mass is 32.2. The van der Waals surface area contributed by atoms with Crippen LogP contribution >= 0.6 is 11.3 Å². The number of ether oxygens (including phenoxy) is 1. The van der Waals surface area contributed by atoms with Crippen molar-refractivity contribution >= 4 is 27.3 Å². The minimum Gasteiger partial charge on any atom is -0.457 e. The second-order valence-electron chi connectivity index (χ2n) is 5.98. The highest BCUT2D eigenvalue weighted by Crippen LogP contribution is 2.26. The summed E-state index contributed by atoms with van der Waals surface area (Å²) < 4.78 is 33.9. The molecule has 1 heterocycles. The molecule has 28 heavy (non-hydrogen) atoms. The topological polar surface area (TPSA) is 84.5 Å². The molecule has 6 nitrogen and oxygen atoms in total. The molecular weight excluding hydrogens is 396 g/mol. The quantitative estimate of drug-likeness (QED) is 0.587. The Bertz CT molecular complexity index is 1050. The number of benzene rings is 2. The summed E-state index contributed by atoms with van der Waals surface area (Å²) >= 11 is 1.13. The van der Waals surface area contributed by atoms with Crippen LogP contribution in [-0.2, 0) is 27.9 Å². The Hall–Kier alpha value is -2.68. The van der Waals surface area contributed by atoms with Gasteiger partial charge in [0.2, 0.25) is 15.9 Å². The van der Waals surface area contributed by atoms with Crippen LogP contribution in [0.5, 0.6) is 11.5 Å². The monoisotopic (exact) mass is 416 g/mol. The fourth-order valence-electron chi connectivity index (χ4n) is 2.42. The van der Waals surface area contributed by atoms with Crippen molar-refractivity contribution in [1.29, 1.82) is 0 Å². The molecule has 1 amide bonds. The Morgan fingerprint density at radius 3 is 2.43 bits per heavy atom. The fourth-order valence-corrected chi connectivity index (χ4v) is 4.76. The molecule has 0 unspecified atom stereocenters. The number of nitrogens with one attached hydrogen (secondary N) is 2. The van der Waals surface area contributed by atoms with E-state index in [0.29, 0.717) is 18.0 Å². The van der Waals surface area contributed by atoms with E-state index >= 15 is 0 Å². The van der Waals surface area contributed by atoms with Crippen LogP contribution in [0.1, 0.15) is 17.4 Å². The van der Waals surface area contributed by atoms with Gasteiger partial charge in [0, 0.05) is 23.9 Å². The van der Waals surface area contributed by atoms with Gasteiger partial charge < -0.3 is 10.1 Å². The Kier molecular flexibility index (Phi) is 6.45. The molecule has 2 aromatic carbocycles. The minimum absolute atomic E-state index is 0.101. The van der Waals surface area contributed by atoms with Gasteiger partial charge in [0.1, 0.15) is 15.7 Å². The van der Waals surface area contributed by atoms with Gasteiger partial charge in [-0.15, -0.1) is 11.3 Å². The number of amides is 1. The molecule has 3 rings (SSSR count). The van der Waals surface area contributed by atoms with Crippen molar-refractivity contribution < 1.29 is 17.9 Å². The summed E-state index contributed by atoms with van der Waals surface area (Å²) in [6.45, 7) is 1.83. The van der Waals surface area contributed by atoms with Crippen LogP contribution in [0.4, 0.5) is 0 Å². The SMILES string of the molecule is CC(=O)NCc1ccc(S(=O)(=O)NCc2ccccc2Oc2ccccc2)s1. The van der Waals surface area contributed by atoms with Crippen molar-refractivity contribution in [3.63, 3.8) is 0 Å². The number of sulfonamides is 1. The van der Waals surface area contributed by atoms with Gasteiger partial charge in [-0.25, -0.2) is 13.1 Å². The average Bonchev–Trinajstić information content (AvgIpc) is 3.17. The summed E-state index contributed by atoms with van der Waals surface area (Å²) in [4.78, 5) is 11.8. The van der Waals surface area contributed by atoms with Crippen LogP contribution in [-0.4, -0.2) is 14.3 Å². The Labute approximate surface area is 168 Å². The van der Waals surface area contributed by atoms with Crippen LogP contribution in [0.15, 0.2) is 70.9 Å². The van der Waals surface area contributed by atoms with Crippen molar-refractivity contribution in [2.24, 2.45) is 0 Å². The number of rotatable bonds is 8. The van der Waals surface area contributed by atoms with E-state index in [1.54, 1.807) is 12.1 Å². The highest BCUT2D eigenvalue weighted by Gasteiger charge is 2.17. The minimum atomic E-state index is -3.67. The maximum atomic E-state index is 12.6. The molecule has 0 spiro atoms. The number of carbonyl (C=O) groups is 1. The third kappa shape index (κ3) is 5.41. The van der Waals surface area contributed by atoms with Gasteiger partial charge in [0.15, 0.2) is 0 Å². The first-order valence-electron chi connectivity index (χ1n) is 8.58. The lowest BCUT2D eigenvalue weighted by Gasteiger charge is -2.11. The number of hydrogen-bond acceptors (Lipinski definition) is 5. The molecule has 0 radical (unpaired) electrons. The zero-order valence-electron chi connectivity index (χ0n) is 15.2. The summed E-state index contributed by atoms with van der Waals surface area (Å²) in [5, 5.41) is 2.65. The summed E-state index contributed by atoms with van der Waals surface area (Å²) in [7, 11) is -3.67. The molecule has 8 heteroatoms. The van der Waals surface area contributed by atoms with E-state index in [0.717, 1.165) is 21.8 Å². The maximum Gasteiger partial charge on any atom is 0.250 e. The van der Waals surface area contributed by atoms with E-state index in [-0.39, 0.29) is 16.7 Å². The van der Waals surface area contributed by atoms with Gasteiger partial charge in [0.05, 0.1) is 6.54 Å². The number of para-hydroxylation sites is 2. The van der Waals surface area contributed by atoms with Crippen LogP contribution in [0.2, 0.25) is 0 Å². The lowest BCUT2D eigenvalue weighted by atomic mass is 10.2. The second-order valence-corrected chi connectivity index (χ2v) is 9.14. The molecule has 0 aliphatic heterocycles. The molecule has 0 bridgehead atoms. The normalized spacial score (nSPS) is 11.2. The zero-order chi connectivity index (χ0) is 20.0. The average molecular weight is 417 g/mol. The number of hydrogen-bond donors (Lipinski definition) is 2. The molecule has 3 aromatic rings. The second kappa shape index (κ2) is 9.01. The van der Waals surface area contributed by atoms with Gasteiger partial charge in [-0.2, -0.15) is 0 Å². The standard InChI is InChI=1S/C20H20N2O4S2/c1-15(23)21-14-18-11-12-20(27-18)28(24,25)22-13-16-7-5-6-10-19(16)26-17-8-3-2-4-9-17/h2-12,22H,13-14H2,1H3,(H,21,23). The molecule has 0 atom stereocenters. The van der Waals surface area contributed by atoms with Gasteiger partial charge in [-0.1, -0.05) is 36.4 Å². The first-order chi connectivity index (χ1) is 13.4. The van der Waals surface area contributed by atoms with Crippen molar-refractivity contribution in [2.75, 3.05) is 0 Å². The van der Waals surface area contributed by atoms with Gasteiger partial charge >= 0.3 is 0 Å². The zero-order valence-corrected chi connectivity index (χ0v) is 16.8. The Morgan fingerprint density at radius 2 is 1.68 bits per heavy atom. The van der Waals surface area contributed by atoms with Gasteiger partial charge in [-0.05, 0) is 30.3 Å². The lowest BCUT2D eigenvalue weighted by molar-refractivity contribution is -0.119. The van der Waals surface area contributed by atoms with E-state index in [1.807, 2.05) is 48.5 Å². The Balaban J connectivity index is 1.69. The van der Waals surface area contributed by atoms with Crippen molar-refractivity contribution in [3.05, 3.63) is 77.2 Å². The van der Waals surface area contributed by atoms with Crippen molar-refractivity contribution in [2.45, 2.75) is 24.2 Å². The smallest absolute Gasteiger partial charge is 0.250 e. The molecular formula is C20H20N2O4S2. The maximum absolute atomic E-state index is 12.6. The molecule has 0 aliphatic carbocycles. The highest BCUT2D eigenvalue weighted by molar-refractivity contribution is 7.91. The van der Waals surface area contributed by atoms with Gasteiger partial charge in [-0.3, -0.25) is 4.79 Å². The van der Waals surface area contributed by atoms with E-state index in [1.165, 1.54) is 13.0 Å². The summed E-state index contributed by atoms with van der Waals surface area (Å²) in [6.07, 6.45) is 0. The van der Waals surface area contributed by atoms with E-state index in [4.69, 9.17) is 4.74 Å². The van der Waals surface area contributed by atoms with E-state index in [9.17, 15) is 13.2 Å². The third-order valence-corrected chi connectivity index (χ3v) is 6.79. The van der Waals surface area contributed by atoms with Crippen LogP contribution in [0.25, 0.3) is 0 Å². The van der Waals surface area contributed by atoms with Crippen molar-refractivity contribution in [3.8, 4) is 11.5 Å². The van der Waals surface area contributed by atoms with E-state index in [2.05, 4.69) is 10.0 Å². The largest absolute Gasteiger partial charge is 0.457 e. The summed E-state index contributed by atoms with van der Waals surface area (Å²) in [5.74, 6) is 1.11. The Morgan fingerprint density at radius 1 is 0.964 bits per heavy atom. The van der Waals surface area contributed by atoms with Crippen LogP contribution in [0.3, 0.4) is 0 Å². The predicted octanol–water partition coefficient (Wildman–Crippen LogP) is 3.66. The first-order valence-corrected chi connectivity index (χ1v) is 10.9. The summed E-state index contributed by atoms with van der Waals surface area (Å²) in [6, 6.07) is 19.8. The predicted molar refractivity (Wildman–Crippen MR) is 109 cm³/mol. The molecule has 0 saturated heterocycles. The van der Waals surface area contributed by atoms with Crippen LogP contribution < -0.4 is 14.8 Å². The molecule has 1 aromatic heterocycles. The molecule has 0 aliphatic rings. The lowest BCUT2D eigenvalue weighted by Crippen LogP contribution is -2.22. The van der Waals surface area contributed by atoms with Crippen molar-refractivity contribution in [1.82, 2.24) is 10.0 Å².